The molecule has 0 saturated heterocycles. The highest BCUT2D eigenvalue weighted by Crippen LogP contribution is 2.34. The number of nitrogens with zero attached hydrogens (tertiary/aromatic N) is 3. The number of rotatable bonds is 6. The largest absolute Gasteiger partial charge is 0.350 e. The Balaban J connectivity index is 1.38. The van der Waals surface area contributed by atoms with Crippen LogP contribution < -0.4 is 14.9 Å². The third-order valence-electron chi connectivity index (χ3n) is 5.26. The molecule has 35 heavy (non-hydrogen) atoms. The van der Waals surface area contributed by atoms with Crippen LogP contribution in [0, 0.1) is 0 Å². The number of sulfonamides is 1. The smallest absolute Gasteiger partial charge is 0.283 e. The molecule has 2 heterocycles. The highest BCUT2D eigenvalue weighted by molar-refractivity contribution is 7.92. The van der Waals surface area contributed by atoms with Crippen LogP contribution in [0.15, 0.2) is 101 Å². The van der Waals surface area contributed by atoms with Crippen LogP contribution in [0.25, 0.3) is 10.8 Å². The summed E-state index contributed by atoms with van der Waals surface area (Å²) >= 11 is 6.25. The number of benzene rings is 3. The van der Waals surface area contributed by atoms with Gasteiger partial charge in [0.1, 0.15) is 10.7 Å². The summed E-state index contributed by atoms with van der Waals surface area (Å²) in [7, 11) is -3.92. The first-order valence-corrected chi connectivity index (χ1v) is 12.1. The average Bonchev–Trinajstić information content (AvgIpc) is 3.07. The Bertz CT molecular complexity index is 1600. The molecule has 4 aromatic rings. The Hall–Kier alpha value is -4.28. The summed E-state index contributed by atoms with van der Waals surface area (Å²) in [5.74, 6) is -1.33. The minimum absolute atomic E-state index is 0.0400. The Morgan fingerprint density at radius 3 is 2.23 bits per heavy atom. The van der Waals surface area contributed by atoms with E-state index in [0.29, 0.717) is 11.4 Å². The molecule has 1 aliphatic heterocycles. The van der Waals surface area contributed by atoms with Crippen molar-refractivity contribution >= 4 is 61.5 Å². The van der Waals surface area contributed by atoms with Crippen LogP contribution >= 0.6 is 11.6 Å². The summed E-state index contributed by atoms with van der Waals surface area (Å²) in [6, 6.07) is 19.8. The summed E-state index contributed by atoms with van der Waals surface area (Å²) < 4.78 is 27.4. The number of amides is 2. The van der Waals surface area contributed by atoms with Crippen LogP contribution in [-0.2, 0) is 19.6 Å². The molecule has 0 radical (unpaired) electrons. The maximum absolute atomic E-state index is 13.2. The molecule has 1 aliphatic rings. The van der Waals surface area contributed by atoms with E-state index in [0.717, 1.165) is 15.7 Å². The first-order valence-electron chi connectivity index (χ1n) is 10.3. The minimum atomic E-state index is -3.92. The van der Waals surface area contributed by atoms with E-state index in [9.17, 15) is 18.0 Å². The quantitative estimate of drug-likeness (QED) is 0.381. The fourth-order valence-corrected chi connectivity index (χ4v) is 4.80. The number of carbonyl (C=O) groups is 2. The van der Waals surface area contributed by atoms with Crippen molar-refractivity contribution in [2.24, 2.45) is 0 Å². The zero-order chi connectivity index (χ0) is 24.6. The van der Waals surface area contributed by atoms with Crippen molar-refractivity contribution in [3.8, 4) is 0 Å². The van der Waals surface area contributed by atoms with Gasteiger partial charge in [-0.1, -0.05) is 48.0 Å². The number of imide groups is 1. The Kier molecular flexibility index (Phi) is 5.67. The van der Waals surface area contributed by atoms with Gasteiger partial charge in [-0.2, -0.15) is 0 Å². The highest BCUT2D eigenvalue weighted by atomic mass is 35.5. The number of anilines is 3. The predicted octanol–water partition coefficient (Wildman–Crippen LogP) is 3.87. The second-order valence-corrected chi connectivity index (χ2v) is 9.52. The molecule has 5 rings (SSSR count). The van der Waals surface area contributed by atoms with E-state index in [1.165, 1.54) is 36.7 Å². The topological polar surface area (TPSA) is 121 Å². The average molecular weight is 506 g/mol. The van der Waals surface area contributed by atoms with Crippen molar-refractivity contribution < 1.29 is 18.0 Å². The second-order valence-electron chi connectivity index (χ2n) is 7.46. The van der Waals surface area contributed by atoms with Crippen LogP contribution in [0.4, 0.5) is 17.3 Å². The van der Waals surface area contributed by atoms with Crippen LogP contribution in [0.1, 0.15) is 0 Å². The van der Waals surface area contributed by atoms with Gasteiger partial charge >= 0.3 is 0 Å². The number of nitrogens with one attached hydrogen (secondary N) is 2. The molecule has 3 aromatic carbocycles. The molecule has 0 spiro atoms. The van der Waals surface area contributed by atoms with E-state index in [1.54, 1.807) is 18.2 Å². The molecule has 2 amide bonds. The lowest BCUT2D eigenvalue weighted by Gasteiger charge is -2.17. The van der Waals surface area contributed by atoms with E-state index in [4.69, 9.17) is 11.6 Å². The normalized spacial score (nSPS) is 14.0. The van der Waals surface area contributed by atoms with E-state index in [1.807, 2.05) is 30.3 Å². The van der Waals surface area contributed by atoms with Crippen molar-refractivity contribution in [1.82, 2.24) is 9.97 Å². The zero-order valence-corrected chi connectivity index (χ0v) is 19.4. The summed E-state index contributed by atoms with van der Waals surface area (Å²) in [6.07, 6.45) is 2.83. The SMILES string of the molecule is O=C1C(Cl)=C(Nc2ccc(S(=O)(=O)Nc3ncccn3)cc2)C(=O)N1c1cccc2ccccc12. The molecule has 2 N–H and O–H groups in total. The Morgan fingerprint density at radius 1 is 0.800 bits per heavy atom. The summed E-state index contributed by atoms with van der Waals surface area (Å²) in [5.41, 5.74) is 0.689. The lowest BCUT2D eigenvalue weighted by molar-refractivity contribution is -0.120. The van der Waals surface area contributed by atoms with Crippen molar-refractivity contribution in [1.29, 1.82) is 0 Å². The lowest BCUT2D eigenvalue weighted by atomic mass is 10.1. The molecule has 0 bridgehead atoms. The molecule has 11 heteroatoms. The van der Waals surface area contributed by atoms with Crippen molar-refractivity contribution in [2.75, 3.05) is 14.9 Å². The van der Waals surface area contributed by atoms with Crippen molar-refractivity contribution in [3.63, 3.8) is 0 Å². The number of fused-ring (bicyclic) bond motifs is 1. The number of halogens is 1. The van der Waals surface area contributed by atoms with E-state index in [-0.39, 0.29) is 21.6 Å². The molecule has 0 saturated carbocycles. The van der Waals surface area contributed by atoms with Gasteiger partial charge in [-0.05, 0) is 41.8 Å². The van der Waals surface area contributed by atoms with Gasteiger partial charge < -0.3 is 5.32 Å². The van der Waals surface area contributed by atoms with Gasteiger partial charge in [0.2, 0.25) is 5.95 Å². The molecule has 0 unspecified atom stereocenters. The molecular formula is C24H16ClN5O4S. The summed E-state index contributed by atoms with van der Waals surface area (Å²) in [5, 5.41) is 4.18. The monoisotopic (exact) mass is 505 g/mol. The van der Waals surface area contributed by atoms with Gasteiger partial charge in [0.25, 0.3) is 21.8 Å². The summed E-state index contributed by atoms with van der Waals surface area (Å²) in [4.78, 5) is 34.7. The van der Waals surface area contributed by atoms with Crippen LogP contribution in [0.3, 0.4) is 0 Å². The third kappa shape index (κ3) is 4.20. The number of hydrogen-bond acceptors (Lipinski definition) is 7. The predicted molar refractivity (Wildman–Crippen MR) is 132 cm³/mol. The van der Waals surface area contributed by atoms with E-state index >= 15 is 0 Å². The fraction of sp³-hybridized carbons (Fsp3) is 0. The molecule has 0 fully saturated rings. The number of hydrogen-bond donors (Lipinski definition) is 2. The van der Waals surface area contributed by atoms with E-state index in [2.05, 4.69) is 20.0 Å². The first-order chi connectivity index (χ1) is 16.8. The number of carbonyl (C=O) groups excluding carboxylic acids is 2. The van der Waals surface area contributed by atoms with Crippen molar-refractivity contribution in [3.05, 3.63) is 95.9 Å². The van der Waals surface area contributed by atoms with Gasteiger partial charge in [-0.3, -0.25) is 9.59 Å². The number of aromatic nitrogens is 2. The Morgan fingerprint density at radius 2 is 1.49 bits per heavy atom. The van der Waals surface area contributed by atoms with Crippen LogP contribution in [0.5, 0.6) is 0 Å². The fourth-order valence-electron chi connectivity index (χ4n) is 3.63. The van der Waals surface area contributed by atoms with Gasteiger partial charge in [0.05, 0.1) is 10.6 Å². The van der Waals surface area contributed by atoms with Crippen LogP contribution in [-0.4, -0.2) is 30.2 Å². The van der Waals surface area contributed by atoms with Gasteiger partial charge in [0.15, 0.2) is 0 Å². The van der Waals surface area contributed by atoms with Crippen molar-refractivity contribution in [2.45, 2.75) is 4.90 Å². The molecule has 174 valence electrons. The summed E-state index contributed by atoms with van der Waals surface area (Å²) in [6.45, 7) is 0. The molecule has 9 nitrogen and oxygen atoms in total. The van der Waals surface area contributed by atoms with E-state index < -0.39 is 21.8 Å². The zero-order valence-electron chi connectivity index (χ0n) is 17.8. The molecule has 0 aliphatic carbocycles. The van der Waals surface area contributed by atoms with Gasteiger partial charge in [0, 0.05) is 23.5 Å². The first kappa shape index (κ1) is 22.5. The third-order valence-corrected chi connectivity index (χ3v) is 6.95. The molecule has 0 atom stereocenters. The van der Waals surface area contributed by atoms with Gasteiger partial charge in [-0.15, -0.1) is 0 Å². The van der Waals surface area contributed by atoms with Gasteiger partial charge in [-0.25, -0.2) is 28.0 Å². The molecular weight excluding hydrogens is 490 g/mol. The highest BCUT2D eigenvalue weighted by Gasteiger charge is 2.39. The minimum Gasteiger partial charge on any atom is -0.350 e. The molecule has 1 aromatic heterocycles. The lowest BCUT2D eigenvalue weighted by Crippen LogP contribution is -2.32. The maximum atomic E-state index is 13.2. The maximum Gasteiger partial charge on any atom is 0.283 e. The Labute approximate surface area is 205 Å². The second kappa shape index (κ2) is 8.82. The standard InChI is InChI=1S/C24H16ClN5O4S/c25-20-21(23(32)30(22(20)31)19-8-3-6-15-5-1-2-7-18(15)19)28-16-9-11-17(12-10-16)35(33,34)29-24-26-13-4-14-27-24/h1-14,28H,(H,26,27,29). The van der Waals surface area contributed by atoms with Crippen LogP contribution in [0.2, 0.25) is 0 Å².